The Kier molecular flexibility index (Phi) is 6.79. The third kappa shape index (κ3) is 4.74. The van der Waals surface area contributed by atoms with E-state index in [0.29, 0.717) is 11.8 Å². The van der Waals surface area contributed by atoms with Crippen LogP contribution in [0.5, 0.6) is 0 Å². The van der Waals surface area contributed by atoms with Crippen molar-refractivity contribution in [1.29, 1.82) is 0 Å². The van der Waals surface area contributed by atoms with Crippen LogP contribution in [-0.4, -0.2) is 29.0 Å². The fourth-order valence-electron chi connectivity index (χ4n) is 1.10. The standard InChI is InChI=1S/C11H23NO2/c1-4-8(2)9(3)5-6-11(14)10(12)7-13/h5-6,8-11,13-14H,4,7,12H2,1-3H3/b6-5+. The minimum Gasteiger partial charge on any atom is -0.395 e. The third-order valence-electron chi connectivity index (χ3n) is 2.80. The lowest BCUT2D eigenvalue weighted by molar-refractivity contribution is 0.143. The molecule has 0 aromatic rings. The number of hydrogen-bond acceptors (Lipinski definition) is 3. The lowest BCUT2D eigenvalue weighted by Crippen LogP contribution is -2.36. The summed E-state index contributed by atoms with van der Waals surface area (Å²) >= 11 is 0. The monoisotopic (exact) mass is 201 g/mol. The summed E-state index contributed by atoms with van der Waals surface area (Å²) in [5.41, 5.74) is 5.46. The van der Waals surface area contributed by atoms with Crippen molar-refractivity contribution >= 4 is 0 Å². The molecule has 84 valence electrons. The topological polar surface area (TPSA) is 66.5 Å². The fourth-order valence-corrected chi connectivity index (χ4v) is 1.10. The molecule has 0 aromatic heterocycles. The van der Waals surface area contributed by atoms with Gasteiger partial charge in [0, 0.05) is 0 Å². The van der Waals surface area contributed by atoms with Crippen molar-refractivity contribution in [3.05, 3.63) is 12.2 Å². The van der Waals surface area contributed by atoms with Crippen molar-refractivity contribution < 1.29 is 10.2 Å². The Morgan fingerprint density at radius 1 is 1.29 bits per heavy atom. The Bertz CT molecular complexity index is 153. The number of hydrogen-bond donors (Lipinski definition) is 3. The first-order chi connectivity index (χ1) is 6.52. The summed E-state index contributed by atoms with van der Waals surface area (Å²) in [5, 5.41) is 18.2. The van der Waals surface area contributed by atoms with Gasteiger partial charge in [0.05, 0.1) is 18.8 Å². The molecule has 4 N–H and O–H groups in total. The van der Waals surface area contributed by atoms with Gasteiger partial charge in [0.25, 0.3) is 0 Å². The second kappa shape index (κ2) is 6.98. The van der Waals surface area contributed by atoms with Crippen LogP contribution in [0.1, 0.15) is 27.2 Å². The second-order valence-corrected chi connectivity index (χ2v) is 3.97. The molecule has 4 atom stereocenters. The lowest BCUT2D eigenvalue weighted by atomic mass is 9.92. The van der Waals surface area contributed by atoms with E-state index in [1.54, 1.807) is 6.08 Å². The zero-order valence-corrected chi connectivity index (χ0v) is 9.35. The molecule has 14 heavy (non-hydrogen) atoms. The van der Waals surface area contributed by atoms with Gasteiger partial charge in [0.2, 0.25) is 0 Å². The lowest BCUT2D eigenvalue weighted by Gasteiger charge is -2.16. The summed E-state index contributed by atoms with van der Waals surface area (Å²) in [6, 6.07) is -0.574. The molecule has 0 radical (unpaired) electrons. The number of aliphatic hydroxyl groups excluding tert-OH is 2. The Hall–Kier alpha value is -0.380. The molecule has 0 fully saturated rings. The summed E-state index contributed by atoms with van der Waals surface area (Å²) < 4.78 is 0. The molecule has 0 aliphatic heterocycles. The summed E-state index contributed by atoms with van der Waals surface area (Å²) in [7, 11) is 0. The van der Waals surface area contributed by atoms with E-state index < -0.39 is 12.1 Å². The van der Waals surface area contributed by atoms with E-state index in [2.05, 4.69) is 20.8 Å². The van der Waals surface area contributed by atoms with Crippen LogP contribution in [0.15, 0.2) is 12.2 Å². The molecule has 0 aliphatic rings. The molecule has 0 spiro atoms. The molecule has 0 saturated heterocycles. The molecule has 0 amide bonds. The highest BCUT2D eigenvalue weighted by molar-refractivity contribution is 4.96. The molecule has 4 unspecified atom stereocenters. The molecule has 0 heterocycles. The van der Waals surface area contributed by atoms with Gasteiger partial charge in [-0.25, -0.2) is 0 Å². The van der Waals surface area contributed by atoms with Crippen molar-refractivity contribution in [3.63, 3.8) is 0 Å². The first-order valence-corrected chi connectivity index (χ1v) is 5.25. The van der Waals surface area contributed by atoms with Crippen LogP contribution in [-0.2, 0) is 0 Å². The van der Waals surface area contributed by atoms with Gasteiger partial charge < -0.3 is 15.9 Å². The number of nitrogens with two attached hydrogens (primary N) is 1. The van der Waals surface area contributed by atoms with Crippen LogP contribution in [0, 0.1) is 11.8 Å². The minimum atomic E-state index is -0.744. The molecule has 0 saturated carbocycles. The Balaban J connectivity index is 4.02. The zero-order valence-electron chi connectivity index (χ0n) is 9.35. The van der Waals surface area contributed by atoms with Crippen molar-refractivity contribution in [2.45, 2.75) is 39.3 Å². The van der Waals surface area contributed by atoms with Gasteiger partial charge in [-0.3, -0.25) is 0 Å². The number of aliphatic hydroxyl groups is 2. The smallest absolute Gasteiger partial charge is 0.0894 e. The summed E-state index contributed by atoms with van der Waals surface area (Å²) in [6.45, 7) is 6.24. The summed E-state index contributed by atoms with van der Waals surface area (Å²) in [5.74, 6) is 1.03. The minimum absolute atomic E-state index is 0.191. The Labute approximate surface area is 86.6 Å². The maximum atomic E-state index is 9.45. The van der Waals surface area contributed by atoms with Gasteiger partial charge in [0.15, 0.2) is 0 Å². The second-order valence-electron chi connectivity index (χ2n) is 3.97. The van der Waals surface area contributed by atoms with Gasteiger partial charge in [-0.1, -0.05) is 39.3 Å². The predicted molar refractivity (Wildman–Crippen MR) is 58.8 cm³/mol. The molecule has 3 nitrogen and oxygen atoms in total. The normalized spacial score (nSPS) is 20.7. The van der Waals surface area contributed by atoms with Gasteiger partial charge in [-0.15, -0.1) is 0 Å². The van der Waals surface area contributed by atoms with Gasteiger partial charge in [-0.05, 0) is 11.8 Å². The van der Waals surface area contributed by atoms with Gasteiger partial charge in [0.1, 0.15) is 0 Å². The molecule has 0 rings (SSSR count). The van der Waals surface area contributed by atoms with E-state index in [9.17, 15) is 5.11 Å². The predicted octanol–water partition coefficient (Wildman–Crippen LogP) is 0.905. The average molecular weight is 201 g/mol. The third-order valence-corrected chi connectivity index (χ3v) is 2.80. The maximum absolute atomic E-state index is 9.45. The van der Waals surface area contributed by atoms with E-state index >= 15 is 0 Å². The molecule has 0 bridgehead atoms. The highest BCUT2D eigenvalue weighted by Gasteiger charge is 2.11. The van der Waals surface area contributed by atoms with E-state index in [1.165, 1.54) is 0 Å². The highest BCUT2D eigenvalue weighted by atomic mass is 16.3. The van der Waals surface area contributed by atoms with E-state index in [4.69, 9.17) is 10.8 Å². The maximum Gasteiger partial charge on any atom is 0.0894 e. The van der Waals surface area contributed by atoms with Crippen molar-refractivity contribution in [3.8, 4) is 0 Å². The summed E-state index contributed by atoms with van der Waals surface area (Å²) in [4.78, 5) is 0. The number of rotatable bonds is 6. The van der Waals surface area contributed by atoms with Crippen molar-refractivity contribution in [1.82, 2.24) is 0 Å². The molecule has 0 aliphatic carbocycles. The van der Waals surface area contributed by atoms with Gasteiger partial charge in [-0.2, -0.15) is 0 Å². The molecular formula is C11H23NO2. The quantitative estimate of drug-likeness (QED) is 0.559. The van der Waals surface area contributed by atoms with Crippen LogP contribution in [0.3, 0.4) is 0 Å². The Morgan fingerprint density at radius 2 is 1.86 bits per heavy atom. The van der Waals surface area contributed by atoms with E-state index in [-0.39, 0.29) is 6.61 Å². The summed E-state index contributed by atoms with van der Waals surface area (Å²) in [6.07, 6.45) is 4.02. The first-order valence-electron chi connectivity index (χ1n) is 5.25. The number of allylic oxidation sites excluding steroid dienone is 1. The average Bonchev–Trinajstić information content (AvgIpc) is 2.22. The molecule has 3 heteroatoms. The van der Waals surface area contributed by atoms with Crippen molar-refractivity contribution in [2.75, 3.05) is 6.61 Å². The van der Waals surface area contributed by atoms with Gasteiger partial charge >= 0.3 is 0 Å². The Morgan fingerprint density at radius 3 is 2.29 bits per heavy atom. The van der Waals surface area contributed by atoms with Crippen LogP contribution in [0.4, 0.5) is 0 Å². The van der Waals surface area contributed by atoms with E-state index in [1.807, 2.05) is 6.08 Å². The SMILES string of the molecule is CCC(C)C(C)/C=C/C(O)C(N)CO. The van der Waals surface area contributed by atoms with Crippen LogP contribution < -0.4 is 5.73 Å². The largest absolute Gasteiger partial charge is 0.395 e. The zero-order chi connectivity index (χ0) is 11.1. The fraction of sp³-hybridized carbons (Fsp3) is 0.818. The molecule has 0 aromatic carbocycles. The van der Waals surface area contributed by atoms with Crippen LogP contribution >= 0.6 is 0 Å². The highest BCUT2D eigenvalue weighted by Crippen LogP contribution is 2.15. The first kappa shape index (κ1) is 13.6. The molecular weight excluding hydrogens is 178 g/mol. The van der Waals surface area contributed by atoms with Crippen LogP contribution in [0.2, 0.25) is 0 Å². The van der Waals surface area contributed by atoms with Crippen molar-refractivity contribution in [2.24, 2.45) is 17.6 Å². The van der Waals surface area contributed by atoms with E-state index in [0.717, 1.165) is 6.42 Å². The van der Waals surface area contributed by atoms with Crippen LogP contribution in [0.25, 0.3) is 0 Å².